The summed E-state index contributed by atoms with van der Waals surface area (Å²) >= 11 is 6.31. The number of hydrogen-bond donors (Lipinski definition) is 1. The summed E-state index contributed by atoms with van der Waals surface area (Å²) in [7, 11) is 0. The highest BCUT2D eigenvalue weighted by atomic mass is 35.5. The molecular weight excluding hydrogens is 430 g/mol. The van der Waals surface area contributed by atoms with Crippen molar-refractivity contribution in [3.8, 4) is 17.1 Å². The van der Waals surface area contributed by atoms with E-state index in [-0.39, 0.29) is 17.2 Å². The van der Waals surface area contributed by atoms with Crippen molar-refractivity contribution in [2.45, 2.75) is 13.8 Å². The number of nitro groups is 1. The van der Waals surface area contributed by atoms with Crippen molar-refractivity contribution in [2.24, 2.45) is 0 Å². The molecule has 0 atom stereocenters. The van der Waals surface area contributed by atoms with E-state index in [1.165, 1.54) is 18.2 Å². The predicted molar refractivity (Wildman–Crippen MR) is 122 cm³/mol. The number of amides is 1. The lowest BCUT2D eigenvalue weighted by molar-refractivity contribution is -0.384. The number of aryl methyl sites for hydroxylation is 2. The maximum atomic E-state index is 12.9. The Morgan fingerprint density at radius 3 is 2.56 bits per heavy atom. The zero-order valence-electron chi connectivity index (χ0n) is 17.2. The summed E-state index contributed by atoms with van der Waals surface area (Å²) in [6, 6.07) is 18.8. The van der Waals surface area contributed by atoms with Gasteiger partial charge < -0.3 is 5.32 Å². The quantitative estimate of drug-likeness (QED) is 0.327. The third-order valence-corrected chi connectivity index (χ3v) is 5.21. The number of non-ortho nitro benzene ring substituents is 1. The van der Waals surface area contributed by atoms with Crippen LogP contribution in [0.1, 0.15) is 21.7 Å². The largest absolute Gasteiger partial charge is 0.319 e. The number of carbonyl (C=O) groups excluding carboxylic acids is 1. The minimum atomic E-state index is -0.587. The van der Waals surface area contributed by atoms with Gasteiger partial charge in [-0.3, -0.25) is 14.9 Å². The molecule has 1 N–H and O–H groups in total. The van der Waals surface area contributed by atoms with Gasteiger partial charge in [-0.05, 0) is 43.7 Å². The minimum Gasteiger partial charge on any atom is -0.319 e. The fraction of sp³-hybridized carbons (Fsp3) is 0.0870. The average Bonchev–Trinajstić information content (AvgIpc) is 3.21. The van der Waals surface area contributed by atoms with E-state index in [0.29, 0.717) is 16.5 Å². The molecule has 0 spiro atoms. The lowest BCUT2D eigenvalue weighted by Crippen LogP contribution is -2.14. The van der Waals surface area contributed by atoms with E-state index in [9.17, 15) is 14.9 Å². The smallest absolute Gasteiger partial charge is 0.295 e. The highest BCUT2D eigenvalue weighted by molar-refractivity contribution is 6.31. The Hall–Kier alpha value is -4.04. The van der Waals surface area contributed by atoms with Crippen LogP contribution in [0, 0.1) is 24.0 Å². The van der Waals surface area contributed by atoms with Crippen LogP contribution < -0.4 is 5.32 Å². The maximum Gasteiger partial charge on any atom is 0.295 e. The number of nitrogens with zero attached hydrogens (tertiary/aromatic N) is 4. The molecule has 4 aromatic rings. The van der Waals surface area contributed by atoms with Gasteiger partial charge >= 0.3 is 0 Å². The average molecular weight is 448 g/mol. The Balaban J connectivity index is 1.76. The van der Waals surface area contributed by atoms with Crippen molar-refractivity contribution in [1.82, 2.24) is 14.8 Å². The third-order valence-electron chi connectivity index (χ3n) is 4.80. The topological polar surface area (TPSA) is 103 Å². The molecule has 0 bridgehead atoms. The van der Waals surface area contributed by atoms with Gasteiger partial charge in [0.15, 0.2) is 5.82 Å². The summed E-state index contributed by atoms with van der Waals surface area (Å²) < 4.78 is 1.56. The van der Waals surface area contributed by atoms with Gasteiger partial charge in [0, 0.05) is 28.4 Å². The van der Waals surface area contributed by atoms with Crippen LogP contribution in [0.4, 0.5) is 11.4 Å². The molecule has 0 aliphatic rings. The van der Waals surface area contributed by atoms with E-state index in [0.717, 1.165) is 16.7 Å². The van der Waals surface area contributed by atoms with Crippen LogP contribution >= 0.6 is 11.6 Å². The van der Waals surface area contributed by atoms with Crippen LogP contribution in [0.2, 0.25) is 5.02 Å². The van der Waals surface area contributed by atoms with Gasteiger partial charge in [-0.25, -0.2) is 9.67 Å². The van der Waals surface area contributed by atoms with E-state index in [2.05, 4.69) is 15.4 Å². The molecule has 0 radical (unpaired) electrons. The summed E-state index contributed by atoms with van der Waals surface area (Å²) in [6.45, 7) is 3.86. The standard InChI is InChI=1S/C23H18ClN5O3/c1-14-5-3-6-16(11-14)22-26-21(27-28(22)18-10-9-15(2)20(24)13-18)23(30)25-17-7-4-8-19(12-17)29(31)32/h3-13H,1-2H3,(H,25,30). The van der Waals surface area contributed by atoms with Crippen LogP contribution in [0.3, 0.4) is 0 Å². The molecule has 0 fully saturated rings. The first-order valence-corrected chi connectivity index (χ1v) is 10.1. The van der Waals surface area contributed by atoms with E-state index in [4.69, 9.17) is 11.6 Å². The predicted octanol–water partition coefficient (Wildman–Crippen LogP) is 5.37. The second kappa shape index (κ2) is 8.60. The molecular formula is C23H18ClN5O3. The molecule has 9 heteroatoms. The number of aromatic nitrogens is 3. The monoisotopic (exact) mass is 447 g/mol. The van der Waals surface area contributed by atoms with E-state index in [1.54, 1.807) is 16.8 Å². The molecule has 1 aromatic heterocycles. The zero-order chi connectivity index (χ0) is 22.8. The zero-order valence-corrected chi connectivity index (χ0v) is 18.0. The van der Waals surface area contributed by atoms with Crippen LogP contribution in [-0.2, 0) is 0 Å². The number of halogens is 1. The van der Waals surface area contributed by atoms with Crippen LogP contribution in [0.25, 0.3) is 17.1 Å². The molecule has 0 aliphatic carbocycles. The van der Waals surface area contributed by atoms with Gasteiger partial charge in [0.2, 0.25) is 5.82 Å². The number of carbonyl (C=O) groups is 1. The number of rotatable bonds is 5. The van der Waals surface area contributed by atoms with Gasteiger partial charge in [-0.1, -0.05) is 47.5 Å². The first-order chi connectivity index (χ1) is 15.3. The molecule has 1 heterocycles. The number of nitrogens with one attached hydrogen (secondary N) is 1. The second-order valence-corrected chi connectivity index (χ2v) is 7.64. The van der Waals surface area contributed by atoms with Gasteiger partial charge in [-0.15, -0.1) is 5.10 Å². The highest BCUT2D eigenvalue weighted by Gasteiger charge is 2.20. The molecule has 0 saturated carbocycles. The number of anilines is 1. The van der Waals surface area contributed by atoms with Crippen LogP contribution in [-0.4, -0.2) is 25.6 Å². The molecule has 1 amide bonds. The van der Waals surface area contributed by atoms with Crippen molar-refractivity contribution in [1.29, 1.82) is 0 Å². The third kappa shape index (κ3) is 4.35. The van der Waals surface area contributed by atoms with Crippen LogP contribution in [0.15, 0.2) is 66.7 Å². The number of benzene rings is 3. The maximum absolute atomic E-state index is 12.9. The summed E-state index contributed by atoms with van der Waals surface area (Å²) in [5.41, 5.74) is 3.52. The van der Waals surface area contributed by atoms with Gasteiger partial charge in [0.05, 0.1) is 10.6 Å². The lowest BCUT2D eigenvalue weighted by Gasteiger charge is -2.08. The van der Waals surface area contributed by atoms with Gasteiger partial charge in [0.1, 0.15) is 0 Å². The molecule has 32 heavy (non-hydrogen) atoms. The van der Waals surface area contributed by atoms with E-state index < -0.39 is 10.8 Å². The normalized spacial score (nSPS) is 10.7. The number of nitro benzene ring substituents is 1. The summed E-state index contributed by atoms with van der Waals surface area (Å²) in [5, 5.41) is 18.6. The van der Waals surface area contributed by atoms with Crippen molar-refractivity contribution >= 4 is 28.9 Å². The first-order valence-electron chi connectivity index (χ1n) is 9.68. The molecule has 0 unspecified atom stereocenters. The molecule has 0 aliphatic heterocycles. The van der Waals surface area contributed by atoms with Crippen molar-refractivity contribution in [3.63, 3.8) is 0 Å². The minimum absolute atomic E-state index is 0.0790. The fourth-order valence-electron chi connectivity index (χ4n) is 3.16. The molecule has 4 rings (SSSR count). The summed E-state index contributed by atoms with van der Waals surface area (Å²) in [5.74, 6) is -0.195. The van der Waals surface area contributed by atoms with E-state index >= 15 is 0 Å². The van der Waals surface area contributed by atoms with Crippen molar-refractivity contribution in [2.75, 3.05) is 5.32 Å². The molecule has 160 valence electrons. The molecule has 3 aromatic carbocycles. The molecule has 8 nitrogen and oxygen atoms in total. The Bertz CT molecular complexity index is 1350. The fourth-order valence-corrected chi connectivity index (χ4v) is 3.33. The Kier molecular flexibility index (Phi) is 5.70. The van der Waals surface area contributed by atoms with Crippen molar-refractivity contribution in [3.05, 3.63) is 98.8 Å². The van der Waals surface area contributed by atoms with Crippen molar-refractivity contribution < 1.29 is 9.72 Å². The lowest BCUT2D eigenvalue weighted by atomic mass is 10.1. The summed E-state index contributed by atoms with van der Waals surface area (Å²) in [6.07, 6.45) is 0. The SMILES string of the molecule is Cc1cccc(-c2nc(C(=O)Nc3cccc([N+](=O)[O-])c3)nn2-c2ccc(C)c(Cl)c2)c1. The van der Waals surface area contributed by atoms with E-state index in [1.807, 2.05) is 50.2 Å². The Morgan fingerprint density at radius 2 is 1.84 bits per heavy atom. The Morgan fingerprint density at radius 1 is 1.06 bits per heavy atom. The van der Waals surface area contributed by atoms with Gasteiger partial charge in [0.25, 0.3) is 11.6 Å². The number of hydrogen-bond acceptors (Lipinski definition) is 5. The van der Waals surface area contributed by atoms with Gasteiger partial charge in [-0.2, -0.15) is 0 Å². The second-order valence-electron chi connectivity index (χ2n) is 7.24. The highest BCUT2D eigenvalue weighted by Crippen LogP contribution is 2.26. The van der Waals surface area contributed by atoms with Crippen LogP contribution in [0.5, 0.6) is 0 Å². The summed E-state index contributed by atoms with van der Waals surface area (Å²) in [4.78, 5) is 27.8. The molecule has 0 saturated heterocycles. The Labute approximate surface area is 188 Å². The first kappa shape index (κ1) is 21.2.